The molecule has 4 N–H and O–H groups in total. The molecule has 2 aliphatic heterocycles. The first kappa shape index (κ1) is 42.5. The molecule has 308 valence electrons. The smallest absolute Gasteiger partial charge is 0.251 e. The summed E-state index contributed by atoms with van der Waals surface area (Å²) in [5.41, 5.74) is 2.77. The zero-order chi connectivity index (χ0) is 40.8. The van der Waals surface area contributed by atoms with Crippen molar-refractivity contribution in [3.05, 3.63) is 97.1 Å². The van der Waals surface area contributed by atoms with Crippen LogP contribution in [0.4, 0.5) is 11.6 Å². The van der Waals surface area contributed by atoms with Crippen molar-refractivity contribution in [3.63, 3.8) is 0 Å². The highest BCUT2D eigenvalue weighted by atomic mass is 35.5. The number of amides is 2. The molecule has 2 aromatic heterocycles. The maximum absolute atomic E-state index is 12.3. The van der Waals surface area contributed by atoms with E-state index in [1.54, 1.807) is 60.0 Å². The lowest BCUT2D eigenvalue weighted by Crippen LogP contribution is -2.51. The molecule has 2 saturated heterocycles. The largest absolute Gasteiger partial charge is 0.507 e. The molecule has 2 amide bonds. The number of rotatable bonds is 8. The topological polar surface area (TPSA) is 180 Å². The monoisotopic (exact) mass is 820 g/mol. The molecule has 2 atom stereocenters. The molecule has 4 heterocycles. The van der Waals surface area contributed by atoms with Gasteiger partial charge in [0.1, 0.15) is 35.3 Å². The number of aromatic nitrogens is 4. The van der Waals surface area contributed by atoms with Crippen LogP contribution in [0.2, 0.25) is 0 Å². The second-order valence-corrected chi connectivity index (χ2v) is 14.3. The standard InChI is InChI=1S/2C22H24N4O3.ClH/c2*1-2-18(27)22(29)26-13-11-25(12-14-26)21-15-7-3-5-9-17(15)23-20(24-21)16-8-4-6-10-19(16)28;/h2*3-10,18,27-28H,2,11-14H2,1H3;1H/t2*18-;/m11./s1. The molecule has 2 aliphatic rings. The molecule has 0 spiro atoms. The van der Waals surface area contributed by atoms with E-state index in [9.17, 15) is 30.0 Å². The van der Waals surface area contributed by atoms with E-state index in [2.05, 4.69) is 19.8 Å². The fourth-order valence-corrected chi connectivity index (χ4v) is 7.22. The van der Waals surface area contributed by atoms with Crippen LogP contribution in [0, 0.1) is 0 Å². The minimum absolute atomic E-state index is 0. The highest BCUT2D eigenvalue weighted by molar-refractivity contribution is 5.93. The van der Waals surface area contributed by atoms with Crippen molar-refractivity contribution in [3.8, 4) is 34.3 Å². The summed E-state index contributed by atoms with van der Waals surface area (Å²) >= 11 is 0. The lowest BCUT2D eigenvalue weighted by atomic mass is 10.1. The fraction of sp³-hybridized carbons (Fsp3) is 0.318. The summed E-state index contributed by atoms with van der Waals surface area (Å²) in [5.74, 6) is 2.36. The lowest BCUT2D eigenvalue weighted by Gasteiger charge is -2.36. The number of halogens is 1. The number of piperazine rings is 2. The van der Waals surface area contributed by atoms with Gasteiger partial charge >= 0.3 is 0 Å². The maximum Gasteiger partial charge on any atom is 0.251 e. The highest BCUT2D eigenvalue weighted by Crippen LogP contribution is 2.33. The molecule has 0 bridgehead atoms. The number of phenols is 2. The second kappa shape index (κ2) is 19.1. The van der Waals surface area contributed by atoms with Gasteiger partial charge in [0, 0.05) is 63.1 Å². The number of anilines is 2. The first-order valence-corrected chi connectivity index (χ1v) is 19.7. The molecule has 8 rings (SSSR count). The van der Waals surface area contributed by atoms with E-state index in [-0.39, 0.29) is 35.7 Å². The molecule has 0 radical (unpaired) electrons. The number of hydrogen-bond donors (Lipinski definition) is 4. The predicted octanol–water partition coefficient (Wildman–Crippen LogP) is 5.27. The van der Waals surface area contributed by atoms with Crippen LogP contribution < -0.4 is 9.80 Å². The van der Waals surface area contributed by atoms with E-state index in [0.29, 0.717) is 88.0 Å². The fourth-order valence-electron chi connectivity index (χ4n) is 7.22. The number of para-hydroxylation sites is 4. The summed E-state index contributed by atoms with van der Waals surface area (Å²) in [6.45, 7) is 8.17. The normalized spacial score (nSPS) is 15.3. The van der Waals surface area contributed by atoms with E-state index in [0.717, 1.165) is 33.4 Å². The Hall–Kier alpha value is -6.09. The third kappa shape index (κ3) is 9.30. The van der Waals surface area contributed by atoms with Gasteiger partial charge < -0.3 is 40.0 Å². The summed E-state index contributed by atoms with van der Waals surface area (Å²) < 4.78 is 0. The Bertz CT molecular complexity index is 2240. The van der Waals surface area contributed by atoms with Crippen LogP contribution >= 0.6 is 12.4 Å². The van der Waals surface area contributed by atoms with Crippen LogP contribution in [-0.2, 0) is 9.59 Å². The van der Waals surface area contributed by atoms with Gasteiger partial charge in [0.2, 0.25) is 0 Å². The Labute approximate surface area is 348 Å². The summed E-state index contributed by atoms with van der Waals surface area (Å²) in [6, 6.07) is 29.6. The first-order chi connectivity index (χ1) is 28.2. The van der Waals surface area contributed by atoms with E-state index < -0.39 is 12.2 Å². The van der Waals surface area contributed by atoms with Crippen LogP contribution in [0.5, 0.6) is 11.5 Å². The Morgan fingerprint density at radius 2 is 0.864 bits per heavy atom. The van der Waals surface area contributed by atoms with Gasteiger partial charge in [-0.2, -0.15) is 0 Å². The number of aliphatic hydroxyl groups is 2. The average Bonchev–Trinajstić information content (AvgIpc) is 3.28. The molecule has 59 heavy (non-hydrogen) atoms. The summed E-state index contributed by atoms with van der Waals surface area (Å²) in [6.07, 6.45) is -1.04. The number of hydrogen-bond acceptors (Lipinski definition) is 12. The number of aromatic hydroxyl groups is 2. The summed E-state index contributed by atoms with van der Waals surface area (Å²) in [4.78, 5) is 51.1. The van der Waals surface area contributed by atoms with E-state index in [1.165, 1.54) is 0 Å². The number of carbonyl (C=O) groups excluding carboxylic acids is 2. The minimum Gasteiger partial charge on any atom is -0.507 e. The summed E-state index contributed by atoms with van der Waals surface area (Å²) in [5, 5.41) is 42.0. The summed E-state index contributed by atoms with van der Waals surface area (Å²) in [7, 11) is 0. The first-order valence-electron chi connectivity index (χ1n) is 19.7. The Morgan fingerprint density at radius 3 is 1.22 bits per heavy atom. The van der Waals surface area contributed by atoms with Crippen LogP contribution in [0.1, 0.15) is 26.7 Å². The Balaban J connectivity index is 0.000000195. The van der Waals surface area contributed by atoms with Gasteiger partial charge in [0.15, 0.2) is 11.6 Å². The number of carbonyl (C=O) groups is 2. The molecule has 6 aromatic rings. The average molecular weight is 821 g/mol. The maximum atomic E-state index is 12.3. The molecule has 0 aliphatic carbocycles. The molecule has 14 nitrogen and oxygen atoms in total. The zero-order valence-corrected chi connectivity index (χ0v) is 33.9. The van der Waals surface area contributed by atoms with Crippen molar-refractivity contribution in [2.24, 2.45) is 0 Å². The van der Waals surface area contributed by atoms with Crippen molar-refractivity contribution in [2.45, 2.75) is 38.9 Å². The highest BCUT2D eigenvalue weighted by Gasteiger charge is 2.28. The predicted molar refractivity (Wildman–Crippen MR) is 231 cm³/mol. The van der Waals surface area contributed by atoms with Crippen LogP contribution in [0.15, 0.2) is 97.1 Å². The lowest BCUT2D eigenvalue weighted by molar-refractivity contribution is -0.141. The third-order valence-corrected chi connectivity index (χ3v) is 10.6. The van der Waals surface area contributed by atoms with Gasteiger partial charge in [-0.15, -0.1) is 12.4 Å². The van der Waals surface area contributed by atoms with Gasteiger partial charge in [0.25, 0.3) is 11.8 Å². The molecule has 0 unspecified atom stereocenters. The van der Waals surface area contributed by atoms with E-state index in [1.807, 2.05) is 60.7 Å². The van der Waals surface area contributed by atoms with E-state index >= 15 is 0 Å². The minimum atomic E-state index is -0.936. The van der Waals surface area contributed by atoms with Crippen LogP contribution in [-0.4, -0.2) is 127 Å². The number of aliphatic hydroxyl groups excluding tert-OH is 2. The number of nitrogens with zero attached hydrogens (tertiary/aromatic N) is 8. The SMILES string of the molecule is CC[C@@H](O)C(=O)N1CCN(c2nc(-c3ccccc3O)nc3ccccc23)CC1.CC[C@@H](O)C(=O)N1CCN(c2nc(-c3ccccc3O)nc3ccccc23)CC1.Cl. The Morgan fingerprint density at radius 1 is 0.525 bits per heavy atom. The molecule has 4 aromatic carbocycles. The van der Waals surface area contributed by atoms with Gasteiger partial charge in [0.05, 0.1) is 22.2 Å². The molecular formula is C44H49ClN8O6. The quantitative estimate of drug-likeness (QED) is 0.157. The number of fused-ring (bicyclic) bond motifs is 2. The van der Waals surface area contributed by atoms with Crippen molar-refractivity contribution in [2.75, 3.05) is 62.2 Å². The molecular weight excluding hydrogens is 772 g/mol. The van der Waals surface area contributed by atoms with Gasteiger partial charge in [-0.05, 0) is 61.4 Å². The number of benzene rings is 4. The van der Waals surface area contributed by atoms with Crippen molar-refractivity contribution in [1.29, 1.82) is 0 Å². The number of phenolic OH excluding ortho intramolecular Hbond substituents is 2. The van der Waals surface area contributed by atoms with Crippen LogP contribution in [0.25, 0.3) is 44.6 Å². The molecule has 0 saturated carbocycles. The zero-order valence-electron chi connectivity index (χ0n) is 33.1. The van der Waals surface area contributed by atoms with Gasteiger partial charge in [-0.1, -0.05) is 62.4 Å². The van der Waals surface area contributed by atoms with E-state index in [4.69, 9.17) is 9.97 Å². The van der Waals surface area contributed by atoms with Crippen molar-refractivity contribution in [1.82, 2.24) is 29.7 Å². The van der Waals surface area contributed by atoms with Crippen LogP contribution in [0.3, 0.4) is 0 Å². The molecule has 2 fully saturated rings. The van der Waals surface area contributed by atoms with Gasteiger partial charge in [-0.25, -0.2) is 19.9 Å². The third-order valence-electron chi connectivity index (χ3n) is 10.6. The second-order valence-electron chi connectivity index (χ2n) is 14.3. The van der Waals surface area contributed by atoms with Crippen molar-refractivity contribution < 1.29 is 30.0 Å². The molecule has 15 heteroatoms. The Kier molecular flexibility index (Phi) is 13.8. The van der Waals surface area contributed by atoms with Gasteiger partial charge in [-0.3, -0.25) is 9.59 Å². The van der Waals surface area contributed by atoms with Crippen molar-refractivity contribution >= 4 is 57.7 Å².